The van der Waals surface area contributed by atoms with E-state index < -0.39 is 10.8 Å². The first-order valence-corrected chi connectivity index (χ1v) is 11.5. The number of carbonyl (C=O) groups is 1. The third-order valence-corrected chi connectivity index (χ3v) is 6.55. The molecule has 0 fully saturated rings. The normalized spacial score (nSPS) is 11.7. The molecule has 0 radical (unpaired) electrons. The van der Waals surface area contributed by atoms with Gasteiger partial charge < -0.3 is 4.74 Å². The van der Waals surface area contributed by atoms with Crippen molar-refractivity contribution in [2.75, 3.05) is 0 Å². The van der Waals surface area contributed by atoms with E-state index in [1.54, 1.807) is 0 Å². The molecule has 0 heterocycles. The van der Waals surface area contributed by atoms with Crippen LogP contribution in [0.1, 0.15) is 49.4 Å². The van der Waals surface area contributed by atoms with E-state index in [1.807, 2.05) is 51.1 Å². The standard InChI is InChI=1S/C31H30O2/c1-4-30(2,3)29(32)33-28-22-20-27(21-23-28)31(24-14-8-5-9-15-24,25-16-10-6-11-17-25)26-18-12-7-13-19-26/h5-23H,4H2,1-3H3. The Morgan fingerprint density at radius 3 is 1.33 bits per heavy atom. The van der Waals surface area contributed by atoms with Crippen molar-refractivity contribution < 1.29 is 9.53 Å². The van der Waals surface area contributed by atoms with Crippen LogP contribution < -0.4 is 4.74 Å². The van der Waals surface area contributed by atoms with Crippen LogP contribution in [0.15, 0.2) is 115 Å². The average Bonchev–Trinajstić information content (AvgIpc) is 2.87. The fourth-order valence-corrected chi connectivity index (χ4v) is 4.23. The van der Waals surface area contributed by atoms with Crippen molar-refractivity contribution in [1.82, 2.24) is 0 Å². The number of ether oxygens (including phenoxy) is 1. The van der Waals surface area contributed by atoms with Gasteiger partial charge in [-0.2, -0.15) is 0 Å². The Bertz CT molecular complexity index is 1080. The second-order valence-corrected chi connectivity index (χ2v) is 9.00. The van der Waals surface area contributed by atoms with Crippen molar-refractivity contribution in [2.24, 2.45) is 5.41 Å². The van der Waals surface area contributed by atoms with Crippen LogP contribution in [0.3, 0.4) is 0 Å². The zero-order chi connectivity index (χ0) is 23.3. The van der Waals surface area contributed by atoms with E-state index in [0.29, 0.717) is 5.75 Å². The molecular formula is C31H30O2. The number of hydrogen-bond acceptors (Lipinski definition) is 2. The van der Waals surface area contributed by atoms with E-state index in [-0.39, 0.29) is 5.97 Å². The predicted octanol–water partition coefficient (Wildman–Crippen LogP) is 7.41. The Morgan fingerprint density at radius 2 is 0.970 bits per heavy atom. The highest BCUT2D eigenvalue weighted by atomic mass is 16.5. The Kier molecular flexibility index (Phi) is 6.46. The monoisotopic (exact) mass is 434 g/mol. The number of benzene rings is 4. The lowest BCUT2D eigenvalue weighted by Crippen LogP contribution is -2.31. The van der Waals surface area contributed by atoms with Crippen molar-refractivity contribution in [3.8, 4) is 5.75 Å². The van der Waals surface area contributed by atoms with E-state index >= 15 is 0 Å². The molecule has 0 aliphatic carbocycles. The van der Waals surface area contributed by atoms with Gasteiger partial charge in [0.25, 0.3) is 0 Å². The highest BCUT2D eigenvalue weighted by Crippen LogP contribution is 2.45. The second kappa shape index (κ2) is 9.46. The van der Waals surface area contributed by atoms with Crippen LogP contribution in [-0.4, -0.2) is 5.97 Å². The Balaban J connectivity index is 1.88. The molecular weight excluding hydrogens is 404 g/mol. The van der Waals surface area contributed by atoms with E-state index in [4.69, 9.17) is 4.74 Å². The lowest BCUT2D eigenvalue weighted by molar-refractivity contribution is -0.144. The molecule has 4 aromatic rings. The molecule has 2 heteroatoms. The van der Waals surface area contributed by atoms with Crippen LogP contribution in [0.25, 0.3) is 0 Å². The highest BCUT2D eigenvalue weighted by molar-refractivity contribution is 5.78. The van der Waals surface area contributed by atoms with E-state index in [2.05, 4.69) is 84.9 Å². The molecule has 0 unspecified atom stereocenters. The van der Waals surface area contributed by atoms with Crippen LogP contribution in [-0.2, 0) is 10.2 Å². The van der Waals surface area contributed by atoms with Crippen LogP contribution in [0.2, 0.25) is 0 Å². The fourth-order valence-electron chi connectivity index (χ4n) is 4.23. The highest BCUT2D eigenvalue weighted by Gasteiger charge is 2.38. The lowest BCUT2D eigenvalue weighted by atomic mass is 9.65. The predicted molar refractivity (Wildman–Crippen MR) is 134 cm³/mol. The summed E-state index contributed by atoms with van der Waals surface area (Å²) in [5.41, 5.74) is 3.63. The van der Waals surface area contributed by atoms with Crippen molar-refractivity contribution >= 4 is 5.97 Å². The van der Waals surface area contributed by atoms with Crippen LogP contribution >= 0.6 is 0 Å². The molecule has 4 rings (SSSR count). The first-order chi connectivity index (χ1) is 16.0. The van der Waals surface area contributed by atoms with E-state index in [0.717, 1.165) is 12.0 Å². The van der Waals surface area contributed by atoms with Gasteiger partial charge in [0.05, 0.1) is 10.8 Å². The number of rotatable bonds is 7. The first kappa shape index (κ1) is 22.5. The Morgan fingerprint density at radius 1 is 0.606 bits per heavy atom. The van der Waals surface area contributed by atoms with Gasteiger partial charge in [0.15, 0.2) is 0 Å². The van der Waals surface area contributed by atoms with Crippen LogP contribution in [0, 0.1) is 5.41 Å². The Labute approximate surface area is 196 Å². The molecule has 0 aliphatic heterocycles. The number of esters is 1. The Hall–Kier alpha value is -3.65. The van der Waals surface area contributed by atoms with Crippen molar-refractivity contribution in [3.05, 3.63) is 138 Å². The quantitative estimate of drug-likeness (QED) is 0.172. The third kappa shape index (κ3) is 4.34. The SMILES string of the molecule is CCC(C)(C)C(=O)Oc1ccc(C(c2ccccc2)(c2ccccc2)c2ccccc2)cc1. The molecule has 0 atom stereocenters. The summed E-state index contributed by atoms with van der Waals surface area (Å²) in [5.74, 6) is 0.353. The second-order valence-electron chi connectivity index (χ2n) is 9.00. The van der Waals surface area contributed by atoms with Crippen molar-refractivity contribution in [1.29, 1.82) is 0 Å². The maximum atomic E-state index is 12.6. The number of carbonyl (C=O) groups excluding carboxylic acids is 1. The smallest absolute Gasteiger partial charge is 0.316 e. The summed E-state index contributed by atoms with van der Waals surface area (Å²) in [6, 6.07) is 39.7. The molecule has 2 nitrogen and oxygen atoms in total. The summed E-state index contributed by atoms with van der Waals surface area (Å²) >= 11 is 0. The molecule has 0 saturated heterocycles. The zero-order valence-corrected chi connectivity index (χ0v) is 19.5. The summed E-state index contributed by atoms with van der Waals surface area (Å²) in [5, 5.41) is 0. The molecule has 0 amide bonds. The summed E-state index contributed by atoms with van der Waals surface area (Å²) < 4.78 is 5.72. The van der Waals surface area contributed by atoms with Gasteiger partial charge in [-0.25, -0.2) is 0 Å². The topological polar surface area (TPSA) is 26.3 Å². The van der Waals surface area contributed by atoms with Gasteiger partial charge in [0, 0.05) is 0 Å². The molecule has 0 aromatic heterocycles. The van der Waals surface area contributed by atoms with Crippen molar-refractivity contribution in [2.45, 2.75) is 32.6 Å². The molecule has 33 heavy (non-hydrogen) atoms. The largest absolute Gasteiger partial charge is 0.426 e. The number of hydrogen-bond donors (Lipinski definition) is 0. The van der Waals surface area contributed by atoms with Gasteiger partial charge in [-0.3, -0.25) is 4.79 Å². The summed E-state index contributed by atoms with van der Waals surface area (Å²) in [6.07, 6.45) is 0.725. The molecule has 0 N–H and O–H groups in total. The zero-order valence-electron chi connectivity index (χ0n) is 19.5. The minimum Gasteiger partial charge on any atom is -0.426 e. The van der Waals surface area contributed by atoms with Gasteiger partial charge in [-0.1, -0.05) is 110 Å². The maximum absolute atomic E-state index is 12.6. The summed E-state index contributed by atoms with van der Waals surface area (Å²) in [6.45, 7) is 5.82. The summed E-state index contributed by atoms with van der Waals surface area (Å²) in [7, 11) is 0. The van der Waals surface area contributed by atoms with Crippen LogP contribution in [0.5, 0.6) is 5.75 Å². The maximum Gasteiger partial charge on any atom is 0.316 e. The molecule has 0 aliphatic rings. The minimum atomic E-state index is -0.513. The molecule has 0 saturated carbocycles. The van der Waals surface area contributed by atoms with Crippen molar-refractivity contribution in [3.63, 3.8) is 0 Å². The summed E-state index contributed by atoms with van der Waals surface area (Å²) in [4.78, 5) is 12.6. The minimum absolute atomic E-state index is 0.210. The van der Waals surface area contributed by atoms with Gasteiger partial charge in [0.2, 0.25) is 0 Å². The average molecular weight is 435 g/mol. The van der Waals surface area contributed by atoms with Gasteiger partial charge in [-0.05, 0) is 54.7 Å². The van der Waals surface area contributed by atoms with E-state index in [1.165, 1.54) is 16.7 Å². The molecule has 0 spiro atoms. The van der Waals surface area contributed by atoms with Gasteiger partial charge in [-0.15, -0.1) is 0 Å². The molecule has 166 valence electrons. The third-order valence-electron chi connectivity index (χ3n) is 6.55. The van der Waals surface area contributed by atoms with Gasteiger partial charge >= 0.3 is 5.97 Å². The lowest BCUT2D eigenvalue weighted by Gasteiger charge is -2.37. The van der Waals surface area contributed by atoms with Crippen LogP contribution in [0.4, 0.5) is 0 Å². The first-order valence-electron chi connectivity index (χ1n) is 11.5. The van der Waals surface area contributed by atoms with E-state index in [9.17, 15) is 4.79 Å². The fraction of sp³-hybridized carbons (Fsp3) is 0.194. The molecule has 0 bridgehead atoms. The van der Waals surface area contributed by atoms with Gasteiger partial charge in [0.1, 0.15) is 5.75 Å². The molecule has 4 aromatic carbocycles.